The Labute approximate surface area is 224 Å². The van der Waals surface area contributed by atoms with Gasteiger partial charge in [0.05, 0.1) is 15.6 Å². The van der Waals surface area contributed by atoms with Gasteiger partial charge in [0.25, 0.3) is 10.0 Å². The summed E-state index contributed by atoms with van der Waals surface area (Å²) in [5, 5.41) is 2.98. The summed E-state index contributed by atoms with van der Waals surface area (Å²) in [6.45, 7) is 5.63. The minimum atomic E-state index is -4.15. The van der Waals surface area contributed by atoms with Crippen molar-refractivity contribution in [3.8, 4) is 0 Å². The SMILES string of the molecule is CCNC(=O)[C@@H](CC)N(Cc1ccc(C)cc1)C(=O)CN(c1ccccc1Cl)S(=O)(=O)c1ccccc1. The summed E-state index contributed by atoms with van der Waals surface area (Å²) in [6.07, 6.45) is 0.362. The quantitative estimate of drug-likeness (QED) is 0.378. The van der Waals surface area contributed by atoms with E-state index in [9.17, 15) is 18.0 Å². The molecular weight excluding hydrogens is 510 g/mol. The zero-order chi connectivity index (χ0) is 27.0. The van der Waals surface area contributed by atoms with Crippen LogP contribution in [0.3, 0.4) is 0 Å². The molecule has 0 aromatic heterocycles. The van der Waals surface area contributed by atoms with Crippen LogP contribution in [0.1, 0.15) is 31.4 Å². The molecule has 196 valence electrons. The van der Waals surface area contributed by atoms with Gasteiger partial charge < -0.3 is 10.2 Å². The highest BCUT2D eigenvalue weighted by Gasteiger charge is 2.34. The molecule has 1 N–H and O–H groups in total. The maximum atomic E-state index is 13.9. The van der Waals surface area contributed by atoms with E-state index in [1.165, 1.54) is 17.0 Å². The van der Waals surface area contributed by atoms with Gasteiger partial charge in [-0.25, -0.2) is 8.42 Å². The number of carbonyl (C=O) groups is 2. The van der Waals surface area contributed by atoms with Gasteiger partial charge in [0.1, 0.15) is 12.6 Å². The fourth-order valence-electron chi connectivity index (χ4n) is 3.99. The number of aryl methyl sites for hydroxylation is 1. The molecular formula is C28H32ClN3O4S. The van der Waals surface area contributed by atoms with Crippen LogP contribution in [0.2, 0.25) is 5.02 Å². The Bertz CT molecular complexity index is 1310. The molecule has 0 aliphatic heterocycles. The van der Waals surface area contributed by atoms with Crippen LogP contribution in [0.4, 0.5) is 5.69 Å². The molecule has 3 aromatic carbocycles. The lowest BCUT2D eigenvalue weighted by atomic mass is 10.1. The fourth-order valence-corrected chi connectivity index (χ4v) is 5.73. The third kappa shape index (κ3) is 6.90. The summed E-state index contributed by atoms with van der Waals surface area (Å²) in [6, 6.07) is 21.2. The summed E-state index contributed by atoms with van der Waals surface area (Å²) in [4.78, 5) is 28.3. The summed E-state index contributed by atoms with van der Waals surface area (Å²) < 4.78 is 28.5. The number of halogens is 1. The number of carbonyl (C=O) groups excluding carboxylic acids is 2. The van der Waals surface area contributed by atoms with Crippen LogP contribution in [-0.2, 0) is 26.2 Å². The smallest absolute Gasteiger partial charge is 0.264 e. The van der Waals surface area contributed by atoms with Crippen molar-refractivity contribution in [3.63, 3.8) is 0 Å². The Morgan fingerprint density at radius 3 is 2.14 bits per heavy atom. The highest BCUT2D eigenvalue weighted by Crippen LogP contribution is 2.30. The van der Waals surface area contributed by atoms with Crippen molar-refractivity contribution >= 4 is 39.1 Å². The number of para-hydroxylation sites is 1. The molecule has 1 atom stereocenters. The van der Waals surface area contributed by atoms with Gasteiger partial charge in [0, 0.05) is 13.1 Å². The lowest BCUT2D eigenvalue weighted by molar-refractivity contribution is -0.140. The number of anilines is 1. The molecule has 3 aromatic rings. The molecule has 0 heterocycles. The van der Waals surface area contributed by atoms with Crippen molar-refractivity contribution in [2.24, 2.45) is 0 Å². The molecule has 3 rings (SSSR count). The number of rotatable bonds is 11. The van der Waals surface area contributed by atoms with Crippen molar-refractivity contribution in [2.45, 2.75) is 44.7 Å². The fraction of sp³-hybridized carbons (Fsp3) is 0.286. The average molecular weight is 542 g/mol. The molecule has 0 saturated heterocycles. The van der Waals surface area contributed by atoms with Crippen molar-refractivity contribution < 1.29 is 18.0 Å². The normalized spacial score (nSPS) is 12.0. The second-order valence-corrected chi connectivity index (χ2v) is 10.9. The Kier molecular flexibility index (Phi) is 9.72. The van der Waals surface area contributed by atoms with Crippen molar-refractivity contribution in [1.82, 2.24) is 10.2 Å². The Morgan fingerprint density at radius 2 is 1.54 bits per heavy atom. The van der Waals surface area contributed by atoms with Crippen LogP contribution in [-0.4, -0.2) is 44.3 Å². The monoisotopic (exact) mass is 541 g/mol. The van der Waals surface area contributed by atoms with E-state index in [1.54, 1.807) is 42.5 Å². The molecule has 0 fully saturated rings. The zero-order valence-electron chi connectivity index (χ0n) is 21.2. The van der Waals surface area contributed by atoms with Crippen LogP contribution in [0.25, 0.3) is 0 Å². The lowest BCUT2D eigenvalue weighted by Crippen LogP contribution is -2.52. The maximum absolute atomic E-state index is 13.9. The summed E-state index contributed by atoms with van der Waals surface area (Å²) in [7, 11) is -4.15. The molecule has 0 saturated carbocycles. The van der Waals surface area contributed by atoms with Crippen LogP contribution < -0.4 is 9.62 Å². The van der Waals surface area contributed by atoms with Gasteiger partial charge in [-0.2, -0.15) is 0 Å². The minimum absolute atomic E-state index is 0.0311. The molecule has 0 spiro atoms. The van der Waals surface area contributed by atoms with E-state index in [0.717, 1.165) is 15.4 Å². The van der Waals surface area contributed by atoms with E-state index in [1.807, 2.05) is 45.0 Å². The first-order valence-electron chi connectivity index (χ1n) is 12.1. The molecule has 0 aliphatic carbocycles. The van der Waals surface area contributed by atoms with E-state index < -0.39 is 28.5 Å². The molecule has 0 aliphatic rings. The highest BCUT2D eigenvalue weighted by atomic mass is 35.5. The van der Waals surface area contributed by atoms with Crippen LogP contribution in [0.5, 0.6) is 0 Å². The Hall–Kier alpha value is -3.36. The summed E-state index contributed by atoms with van der Waals surface area (Å²) in [5.41, 5.74) is 2.08. The van der Waals surface area contributed by atoms with E-state index >= 15 is 0 Å². The van der Waals surface area contributed by atoms with Crippen LogP contribution in [0, 0.1) is 6.92 Å². The van der Waals surface area contributed by atoms with Crippen LogP contribution >= 0.6 is 11.6 Å². The lowest BCUT2D eigenvalue weighted by Gasteiger charge is -2.33. The predicted octanol–water partition coefficient (Wildman–Crippen LogP) is 4.79. The third-order valence-corrected chi connectivity index (χ3v) is 8.04. The van der Waals surface area contributed by atoms with Crippen molar-refractivity contribution in [1.29, 1.82) is 0 Å². The molecule has 9 heteroatoms. The maximum Gasteiger partial charge on any atom is 0.264 e. The summed E-state index contributed by atoms with van der Waals surface area (Å²) in [5.74, 6) is -0.807. The molecule has 0 bridgehead atoms. The number of amides is 2. The number of hydrogen-bond acceptors (Lipinski definition) is 4. The van der Waals surface area contributed by atoms with E-state index in [4.69, 9.17) is 11.6 Å². The van der Waals surface area contributed by atoms with Crippen molar-refractivity contribution in [3.05, 3.63) is 95.0 Å². The van der Waals surface area contributed by atoms with E-state index in [-0.39, 0.29) is 28.1 Å². The highest BCUT2D eigenvalue weighted by molar-refractivity contribution is 7.92. The molecule has 2 amide bonds. The number of nitrogens with zero attached hydrogens (tertiary/aromatic N) is 2. The predicted molar refractivity (Wildman–Crippen MR) is 147 cm³/mol. The second kappa shape index (κ2) is 12.7. The number of hydrogen-bond donors (Lipinski definition) is 1. The van der Waals surface area contributed by atoms with Gasteiger partial charge in [0.15, 0.2) is 0 Å². The van der Waals surface area contributed by atoms with E-state index in [2.05, 4.69) is 5.32 Å². The Morgan fingerprint density at radius 1 is 0.919 bits per heavy atom. The first-order chi connectivity index (χ1) is 17.7. The van der Waals surface area contributed by atoms with Gasteiger partial charge >= 0.3 is 0 Å². The van der Waals surface area contributed by atoms with Gasteiger partial charge in [-0.3, -0.25) is 13.9 Å². The zero-order valence-corrected chi connectivity index (χ0v) is 22.8. The second-order valence-electron chi connectivity index (χ2n) is 8.60. The summed E-state index contributed by atoms with van der Waals surface area (Å²) >= 11 is 6.41. The van der Waals surface area contributed by atoms with Crippen molar-refractivity contribution in [2.75, 3.05) is 17.4 Å². The largest absolute Gasteiger partial charge is 0.355 e. The number of benzene rings is 3. The van der Waals surface area contributed by atoms with Gasteiger partial charge in [0.2, 0.25) is 11.8 Å². The number of nitrogens with one attached hydrogen (secondary N) is 1. The Balaban J connectivity index is 2.05. The number of sulfonamides is 1. The number of likely N-dealkylation sites (N-methyl/N-ethyl adjacent to an activating group) is 1. The first kappa shape index (κ1) is 28.2. The van der Waals surface area contributed by atoms with Gasteiger partial charge in [-0.05, 0) is 50.1 Å². The topological polar surface area (TPSA) is 86.8 Å². The van der Waals surface area contributed by atoms with Gasteiger partial charge in [-0.15, -0.1) is 0 Å². The first-order valence-corrected chi connectivity index (χ1v) is 14.0. The molecule has 0 unspecified atom stereocenters. The molecule has 7 nitrogen and oxygen atoms in total. The third-order valence-electron chi connectivity index (χ3n) is 5.94. The molecule has 0 radical (unpaired) electrons. The standard InChI is InChI=1S/C28H32ClN3O4S/c1-4-25(28(34)30-5-2)31(19-22-17-15-21(3)16-18-22)27(33)20-32(26-14-10-9-13-24(26)29)37(35,36)23-11-7-6-8-12-23/h6-18,25H,4-5,19-20H2,1-3H3,(H,30,34)/t25-/m1/s1. The average Bonchev–Trinajstić information content (AvgIpc) is 2.89. The minimum Gasteiger partial charge on any atom is -0.355 e. The van der Waals surface area contributed by atoms with Crippen LogP contribution in [0.15, 0.2) is 83.8 Å². The van der Waals surface area contributed by atoms with E-state index in [0.29, 0.717) is 13.0 Å². The molecule has 37 heavy (non-hydrogen) atoms. The van der Waals surface area contributed by atoms with Gasteiger partial charge in [-0.1, -0.05) is 78.7 Å².